The van der Waals surface area contributed by atoms with Crippen molar-refractivity contribution in [2.24, 2.45) is 0 Å². The quantitative estimate of drug-likeness (QED) is 0.462. The first kappa shape index (κ1) is 21.6. The molecule has 0 bridgehead atoms. The fourth-order valence-corrected chi connectivity index (χ4v) is 3.11. The van der Waals surface area contributed by atoms with E-state index in [2.05, 4.69) is 10.6 Å². The number of aliphatic hydroxyl groups excluding tert-OH is 1. The average molecular weight is 419 g/mol. The largest absolute Gasteiger partial charge is 0.454 e. The fourth-order valence-electron chi connectivity index (χ4n) is 3.11. The fraction of sp³-hybridized carbons (Fsp3) is 0.450. The maximum Gasteiger partial charge on any atom is 0.256 e. The van der Waals surface area contributed by atoms with Crippen molar-refractivity contribution in [1.82, 2.24) is 15.2 Å². The van der Waals surface area contributed by atoms with Crippen molar-refractivity contribution in [3.63, 3.8) is 0 Å². The Morgan fingerprint density at radius 2 is 1.93 bits per heavy atom. The molecule has 0 radical (unpaired) electrons. The number of aryl methyl sites for hydroxylation is 1. The number of nitrogens with zero attached hydrogens (tertiary/aromatic N) is 1. The van der Waals surface area contributed by atoms with Crippen LogP contribution in [0.2, 0.25) is 0 Å². The Kier molecular flexibility index (Phi) is 7.26. The standard InChI is InChI=1S/C20H25N3O7/c1-2-23-11-14(19(26)13-9-16-17(10-15(13)23)30-12-29-16)20(27)22-4-3-18(25)21-5-7-28-8-6-24/h9-11,24H,2-8,12H2,1H3,(H,21,25)(H,22,27). The Hall–Kier alpha value is -3.11. The van der Waals surface area contributed by atoms with Gasteiger partial charge in [-0.05, 0) is 13.0 Å². The number of benzene rings is 1. The molecule has 0 saturated carbocycles. The molecule has 10 heteroatoms. The third-order valence-electron chi connectivity index (χ3n) is 4.60. The third-order valence-corrected chi connectivity index (χ3v) is 4.60. The van der Waals surface area contributed by atoms with Crippen molar-refractivity contribution in [1.29, 1.82) is 0 Å². The summed E-state index contributed by atoms with van der Waals surface area (Å²) in [7, 11) is 0. The zero-order valence-corrected chi connectivity index (χ0v) is 16.7. The number of hydrogen-bond acceptors (Lipinski definition) is 7. The lowest BCUT2D eigenvalue weighted by Gasteiger charge is -2.12. The van der Waals surface area contributed by atoms with E-state index in [-0.39, 0.29) is 44.4 Å². The Morgan fingerprint density at radius 1 is 1.17 bits per heavy atom. The number of fused-ring (bicyclic) bond motifs is 2. The second kappa shape index (κ2) is 10.1. The molecule has 10 nitrogen and oxygen atoms in total. The van der Waals surface area contributed by atoms with Crippen LogP contribution >= 0.6 is 0 Å². The molecule has 30 heavy (non-hydrogen) atoms. The maximum absolute atomic E-state index is 12.9. The normalized spacial score (nSPS) is 12.2. The van der Waals surface area contributed by atoms with Crippen molar-refractivity contribution in [2.45, 2.75) is 19.9 Å². The minimum Gasteiger partial charge on any atom is -0.454 e. The summed E-state index contributed by atoms with van der Waals surface area (Å²) < 4.78 is 17.6. The molecule has 0 atom stereocenters. The van der Waals surface area contributed by atoms with E-state index >= 15 is 0 Å². The predicted octanol–water partition coefficient (Wildman–Crippen LogP) is -0.00490. The van der Waals surface area contributed by atoms with Crippen LogP contribution < -0.4 is 25.5 Å². The van der Waals surface area contributed by atoms with Gasteiger partial charge in [0, 0.05) is 38.3 Å². The van der Waals surface area contributed by atoms with Gasteiger partial charge in [-0.25, -0.2) is 0 Å². The second-order valence-corrected chi connectivity index (χ2v) is 6.57. The molecule has 3 rings (SSSR count). The summed E-state index contributed by atoms with van der Waals surface area (Å²) in [6.07, 6.45) is 1.58. The number of amides is 2. The molecule has 2 heterocycles. The van der Waals surface area contributed by atoms with Gasteiger partial charge in [-0.15, -0.1) is 0 Å². The number of pyridine rings is 1. The summed E-state index contributed by atoms with van der Waals surface area (Å²) in [4.78, 5) is 37.2. The van der Waals surface area contributed by atoms with Gasteiger partial charge < -0.3 is 34.5 Å². The highest BCUT2D eigenvalue weighted by Gasteiger charge is 2.20. The van der Waals surface area contributed by atoms with E-state index in [0.29, 0.717) is 42.1 Å². The van der Waals surface area contributed by atoms with E-state index in [4.69, 9.17) is 19.3 Å². The van der Waals surface area contributed by atoms with Crippen LogP contribution in [0.15, 0.2) is 23.1 Å². The Labute approximate surface area is 172 Å². The molecule has 0 aliphatic carbocycles. The highest BCUT2D eigenvalue weighted by atomic mass is 16.7. The molecule has 0 fully saturated rings. The first-order valence-corrected chi connectivity index (χ1v) is 9.75. The molecule has 0 unspecified atom stereocenters. The predicted molar refractivity (Wildman–Crippen MR) is 108 cm³/mol. The lowest BCUT2D eigenvalue weighted by atomic mass is 10.1. The molecule has 1 aromatic carbocycles. The van der Waals surface area contributed by atoms with E-state index in [1.807, 2.05) is 6.92 Å². The van der Waals surface area contributed by atoms with Crippen LogP contribution in [0.4, 0.5) is 0 Å². The van der Waals surface area contributed by atoms with Crippen molar-refractivity contribution < 1.29 is 28.9 Å². The van der Waals surface area contributed by atoms with Gasteiger partial charge in [0.15, 0.2) is 11.5 Å². The molecular weight excluding hydrogens is 394 g/mol. The van der Waals surface area contributed by atoms with Crippen LogP contribution in [-0.2, 0) is 16.1 Å². The summed E-state index contributed by atoms with van der Waals surface area (Å²) in [5.74, 6) is 0.245. The molecule has 0 spiro atoms. The number of rotatable bonds is 10. The highest BCUT2D eigenvalue weighted by molar-refractivity contribution is 5.98. The van der Waals surface area contributed by atoms with Gasteiger partial charge in [0.2, 0.25) is 18.1 Å². The van der Waals surface area contributed by atoms with Crippen LogP contribution in [0, 0.1) is 0 Å². The SMILES string of the molecule is CCn1cc(C(=O)NCCC(=O)NCCOCCO)c(=O)c2cc3c(cc21)OCO3. The molecule has 2 amide bonds. The number of ether oxygens (including phenoxy) is 3. The van der Waals surface area contributed by atoms with E-state index in [1.54, 1.807) is 16.7 Å². The first-order valence-electron chi connectivity index (χ1n) is 9.75. The number of carbonyl (C=O) groups excluding carboxylic acids is 2. The van der Waals surface area contributed by atoms with Crippen molar-refractivity contribution >= 4 is 22.7 Å². The Bertz CT molecular complexity index is 987. The molecule has 2 aromatic rings. The third kappa shape index (κ3) is 4.89. The summed E-state index contributed by atoms with van der Waals surface area (Å²) in [5.41, 5.74) is 0.253. The van der Waals surface area contributed by atoms with E-state index in [1.165, 1.54) is 6.20 Å². The van der Waals surface area contributed by atoms with Gasteiger partial charge in [-0.3, -0.25) is 14.4 Å². The van der Waals surface area contributed by atoms with Crippen LogP contribution in [0.25, 0.3) is 10.9 Å². The molecule has 3 N–H and O–H groups in total. The minimum absolute atomic E-state index is 0.000951. The first-order chi connectivity index (χ1) is 14.5. The van der Waals surface area contributed by atoms with Crippen LogP contribution in [-0.4, -0.2) is 61.2 Å². The maximum atomic E-state index is 12.9. The van der Waals surface area contributed by atoms with Gasteiger partial charge in [0.05, 0.1) is 30.7 Å². The summed E-state index contributed by atoms with van der Waals surface area (Å²) in [6, 6.07) is 3.33. The smallest absolute Gasteiger partial charge is 0.256 e. The number of hydrogen-bond donors (Lipinski definition) is 3. The number of nitrogens with one attached hydrogen (secondary N) is 2. The van der Waals surface area contributed by atoms with Crippen LogP contribution in [0.3, 0.4) is 0 Å². The lowest BCUT2D eigenvalue weighted by molar-refractivity contribution is -0.121. The lowest BCUT2D eigenvalue weighted by Crippen LogP contribution is -2.34. The summed E-state index contributed by atoms with van der Waals surface area (Å²) in [5, 5.41) is 14.2. The Morgan fingerprint density at radius 3 is 2.67 bits per heavy atom. The van der Waals surface area contributed by atoms with Gasteiger partial charge in [-0.1, -0.05) is 0 Å². The monoisotopic (exact) mass is 419 g/mol. The zero-order chi connectivity index (χ0) is 21.5. The molecule has 0 saturated heterocycles. The summed E-state index contributed by atoms with van der Waals surface area (Å²) in [6.45, 7) is 3.40. The topological polar surface area (TPSA) is 128 Å². The van der Waals surface area contributed by atoms with Crippen molar-refractivity contribution in [2.75, 3.05) is 39.7 Å². The molecular formula is C20H25N3O7. The van der Waals surface area contributed by atoms with Crippen molar-refractivity contribution in [3.8, 4) is 11.5 Å². The minimum atomic E-state index is -0.541. The van der Waals surface area contributed by atoms with Crippen LogP contribution in [0.1, 0.15) is 23.7 Å². The van der Waals surface area contributed by atoms with E-state index < -0.39 is 11.3 Å². The zero-order valence-electron chi connectivity index (χ0n) is 16.7. The van der Waals surface area contributed by atoms with Gasteiger partial charge in [0.25, 0.3) is 5.91 Å². The molecule has 1 aliphatic rings. The Balaban J connectivity index is 1.64. The summed E-state index contributed by atoms with van der Waals surface area (Å²) >= 11 is 0. The second-order valence-electron chi connectivity index (χ2n) is 6.57. The van der Waals surface area contributed by atoms with E-state index in [0.717, 1.165) is 0 Å². The highest BCUT2D eigenvalue weighted by Crippen LogP contribution is 2.35. The van der Waals surface area contributed by atoms with Gasteiger partial charge in [-0.2, -0.15) is 0 Å². The number of carbonyl (C=O) groups is 2. The van der Waals surface area contributed by atoms with Crippen LogP contribution in [0.5, 0.6) is 11.5 Å². The molecule has 162 valence electrons. The molecule has 1 aromatic heterocycles. The van der Waals surface area contributed by atoms with E-state index in [9.17, 15) is 14.4 Å². The molecule has 1 aliphatic heterocycles. The van der Waals surface area contributed by atoms with Gasteiger partial charge >= 0.3 is 0 Å². The van der Waals surface area contributed by atoms with Crippen molar-refractivity contribution in [3.05, 3.63) is 34.1 Å². The number of aromatic nitrogens is 1. The van der Waals surface area contributed by atoms with Gasteiger partial charge in [0.1, 0.15) is 5.56 Å². The number of aliphatic hydroxyl groups is 1. The average Bonchev–Trinajstić information content (AvgIpc) is 3.20.